The predicted octanol–water partition coefficient (Wildman–Crippen LogP) is 0.867. The normalized spacial score (nSPS) is 22.5. The number of amides is 1. The second-order valence-electron chi connectivity index (χ2n) is 5.55. The van der Waals surface area contributed by atoms with Crippen molar-refractivity contribution in [2.75, 3.05) is 49.6 Å². The Kier molecular flexibility index (Phi) is 4.57. The topological polar surface area (TPSA) is 90.8 Å². The molecule has 0 aliphatic carbocycles. The number of likely N-dealkylation sites (tertiary alicyclic amines) is 1. The molecule has 2 aliphatic rings. The van der Waals surface area contributed by atoms with Gasteiger partial charge in [-0.3, -0.25) is 0 Å². The van der Waals surface area contributed by atoms with Gasteiger partial charge in [-0.15, -0.1) is 0 Å². The quantitative estimate of drug-likeness (QED) is 0.856. The molecule has 0 saturated carbocycles. The first-order chi connectivity index (χ1) is 10.7. The van der Waals surface area contributed by atoms with E-state index in [1.807, 2.05) is 6.07 Å². The highest BCUT2D eigenvalue weighted by molar-refractivity contribution is 5.65. The predicted molar refractivity (Wildman–Crippen MR) is 81.3 cm³/mol. The average molecular weight is 307 g/mol. The zero-order chi connectivity index (χ0) is 15.4. The Morgan fingerprint density at radius 1 is 1.36 bits per heavy atom. The number of hydrogen-bond acceptors (Lipinski definition) is 6. The van der Waals surface area contributed by atoms with E-state index in [9.17, 15) is 4.79 Å². The van der Waals surface area contributed by atoms with Crippen LogP contribution < -0.4 is 10.2 Å². The molecular weight excluding hydrogens is 286 g/mol. The average Bonchev–Trinajstić information content (AvgIpc) is 2.56. The largest absolute Gasteiger partial charge is 0.465 e. The summed E-state index contributed by atoms with van der Waals surface area (Å²) in [5.74, 6) is 1.44. The Morgan fingerprint density at radius 3 is 2.95 bits per heavy atom. The maximum Gasteiger partial charge on any atom is 0.407 e. The van der Waals surface area contributed by atoms with Crippen molar-refractivity contribution in [3.63, 3.8) is 0 Å². The molecule has 1 aromatic heterocycles. The number of rotatable bonds is 3. The first-order valence-electron chi connectivity index (χ1n) is 7.62. The molecule has 120 valence electrons. The van der Waals surface area contributed by atoms with E-state index in [-0.39, 0.29) is 6.04 Å². The van der Waals surface area contributed by atoms with Gasteiger partial charge in [0, 0.05) is 38.4 Å². The lowest BCUT2D eigenvalue weighted by atomic mass is 10.1. The zero-order valence-electron chi connectivity index (χ0n) is 12.4. The second-order valence-corrected chi connectivity index (χ2v) is 5.55. The van der Waals surface area contributed by atoms with Gasteiger partial charge in [-0.05, 0) is 18.9 Å². The summed E-state index contributed by atoms with van der Waals surface area (Å²) in [6.45, 7) is 4.15. The van der Waals surface area contributed by atoms with E-state index in [1.54, 1.807) is 6.20 Å². The SMILES string of the molecule is O=C(O)N1CCC[C@@H](Nc2nccc(N3CCOCC3)n2)C1. The summed E-state index contributed by atoms with van der Waals surface area (Å²) in [7, 11) is 0. The minimum absolute atomic E-state index is 0.0600. The van der Waals surface area contributed by atoms with Crippen LogP contribution in [0, 0.1) is 0 Å². The van der Waals surface area contributed by atoms with Crippen LogP contribution in [0.4, 0.5) is 16.6 Å². The molecule has 8 heteroatoms. The number of nitrogens with one attached hydrogen (secondary N) is 1. The van der Waals surface area contributed by atoms with E-state index in [1.165, 1.54) is 4.90 Å². The number of hydrogen-bond donors (Lipinski definition) is 2. The summed E-state index contributed by atoms with van der Waals surface area (Å²) < 4.78 is 5.35. The first kappa shape index (κ1) is 14.8. The molecule has 3 rings (SSSR count). The van der Waals surface area contributed by atoms with Gasteiger partial charge in [0.05, 0.1) is 13.2 Å². The van der Waals surface area contributed by atoms with E-state index in [0.29, 0.717) is 32.3 Å². The summed E-state index contributed by atoms with van der Waals surface area (Å²) in [5.41, 5.74) is 0. The fourth-order valence-corrected chi connectivity index (χ4v) is 2.84. The van der Waals surface area contributed by atoms with Crippen LogP contribution in [0.1, 0.15) is 12.8 Å². The van der Waals surface area contributed by atoms with Crippen molar-refractivity contribution in [3.05, 3.63) is 12.3 Å². The van der Waals surface area contributed by atoms with E-state index in [2.05, 4.69) is 20.2 Å². The van der Waals surface area contributed by atoms with Crippen LogP contribution in [-0.2, 0) is 4.74 Å². The molecule has 1 amide bonds. The molecule has 0 unspecified atom stereocenters. The number of morpholine rings is 1. The van der Waals surface area contributed by atoms with Gasteiger partial charge in [0.2, 0.25) is 5.95 Å². The van der Waals surface area contributed by atoms with Gasteiger partial charge in [0.25, 0.3) is 0 Å². The third-order valence-electron chi connectivity index (χ3n) is 4.00. The Balaban J connectivity index is 1.63. The van der Waals surface area contributed by atoms with Crippen LogP contribution in [0.15, 0.2) is 12.3 Å². The van der Waals surface area contributed by atoms with Crippen LogP contribution >= 0.6 is 0 Å². The van der Waals surface area contributed by atoms with Crippen molar-refractivity contribution in [1.29, 1.82) is 0 Å². The van der Waals surface area contributed by atoms with Gasteiger partial charge < -0.3 is 25.0 Å². The Bertz CT molecular complexity index is 521. The third kappa shape index (κ3) is 3.56. The molecule has 0 bridgehead atoms. The van der Waals surface area contributed by atoms with Gasteiger partial charge in [-0.2, -0.15) is 4.98 Å². The van der Waals surface area contributed by atoms with Gasteiger partial charge in [0.1, 0.15) is 5.82 Å². The molecule has 2 N–H and O–H groups in total. The number of carboxylic acid groups (broad SMARTS) is 1. The minimum atomic E-state index is -0.866. The minimum Gasteiger partial charge on any atom is -0.465 e. The van der Waals surface area contributed by atoms with Crippen molar-refractivity contribution in [3.8, 4) is 0 Å². The molecule has 1 aromatic rings. The Morgan fingerprint density at radius 2 is 2.18 bits per heavy atom. The molecule has 22 heavy (non-hydrogen) atoms. The van der Waals surface area contributed by atoms with Crippen LogP contribution in [0.5, 0.6) is 0 Å². The third-order valence-corrected chi connectivity index (χ3v) is 4.00. The maximum atomic E-state index is 11.1. The van der Waals surface area contributed by atoms with E-state index in [0.717, 1.165) is 31.7 Å². The van der Waals surface area contributed by atoms with Gasteiger partial charge >= 0.3 is 6.09 Å². The highest BCUT2D eigenvalue weighted by atomic mass is 16.5. The van der Waals surface area contributed by atoms with Gasteiger partial charge in [-0.25, -0.2) is 9.78 Å². The van der Waals surface area contributed by atoms with Crippen molar-refractivity contribution >= 4 is 17.9 Å². The smallest absolute Gasteiger partial charge is 0.407 e. The highest BCUT2D eigenvalue weighted by Crippen LogP contribution is 2.17. The molecule has 0 radical (unpaired) electrons. The van der Waals surface area contributed by atoms with E-state index >= 15 is 0 Å². The zero-order valence-corrected chi connectivity index (χ0v) is 12.4. The van der Waals surface area contributed by atoms with Crippen molar-refractivity contribution in [1.82, 2.24) is 14.9 Å². The van der Waals surface area contributed by atoms with Crippen molar-refractivity contribution in [2.24, 2.45) is 0 Å². The summed E-state index contributed by atoms with van der Waals surface area (Å²) in [6.07, 6.45) is 2.65. The molecule has 0 aromatic carbocycles. The van der Waals surface area contributed by atoms with Crippen LogP contribution in [0.2, 0.25) is 0 Å². The van der Waals surface area contributed by atoms with E-state index < -0.39 is 6.09 Å². The first-order valence-corrected chi connectivity index (χ1v) is 7.62. The van der Waals surface area contributed by atoms with E-state index in [4.69, 9.17) is 9.84 Å². The summed E-state index contributed by atoms with van der Waals surface area (Å²) in [4.78, 5) is 23.5. The molecule has 2 fully saturated rings. The number of aromatic nitrogens is 2. The number of anilines is 2. The summed E-state index contributed by atoms with van der Waals surface area (Å²) >= 11 is 0. The lowest BCUT2D eigenvalue weighted by Crippen LogP contribution is -2.44. The molecule has 2 saturated heterocycles. The standard InChI is InChI=1S/C14H21N5O3/c20-14(21)19-5-1-2-11(10-19)16-13-15-4-3-12(17-13)18-6-8-22-9-7-18/h3-4,11H,1-2,5-10H2,(H,20,21)(H,15,16,17)/t11-/m1/s1. The molecular formula is C14H21N5O3. The van der Waals surface area contributed by atoms with Crippen LogP contribution in [0.3, 0.4) is 0 Å². The fourth-order valence-electron chi connectivity index (χ4n) is 2.84. The molecule has 0 spiro atoms. The van der Waals surface area contributed by atoms with Crippen molar-refractivity contribution < 1.29 is 14.6 Å². The van der Waals surface area contributed by atoms with Crippen LogP contribution in [0.25, 0.3) is 0 Å². The van der Waals surface area contributed by atoms with Gasteiger partial charge in [0.15, 0.2) is 0 Å². The number of nitrogens with zero attached hydrogens (tertiary/aromatic N) is 4. The Hall–Kier alpha value is -2.09. The Labute approximate surface area is 129 Å². The van der Waals surface area contributed by atoms with Gasteiger partial charge in [-0.1, -0.05) is 0 Å². The summed E-state index contributed by atoms with van der Waals surface area (Å²) in [6, 6.07) is 1.95. The number of piperidine rings is 1. The molecule has 1 atom stereocenters. The molecule has 8 nitrogen and oxygen atoms in total. The summed E-state index contributed by atoms with van der Waals surface area (Å²) in [5, 5.41) is 12.3. The van der Waals surface area contributed by atoms with Crippen molar-refractivity contribution in [2.45, 2.75) is 18.9 Å². The fraction of sp³-hybridized carbons (Fsp3) is 0.643. The lowest BCUT2D eigenvalue weighted by molar-refractivity contribution is 0.122. The number of ether oxygens (including phenoxy) is 1. The highest BCUT2D eigenvalue weighted by Gasteiger charge is 2.23. The number of carbonyl (C=O) groups is 1. The van der Waals surface area contributed by atoms with Crippen LogP contribution in [-0.4, -0.2) is 71.5 Å². The maximum absolute atomic E-state index is 11.1. The molecule has 2 aliphatic heterocycles. The second kappa shape index (κ2) is 6.78. The lowest BCUT2D eigenvalue weighted by Gasteiger charge is -2.31. The monoisotopic (exact) mass is 307 g/mol. The molecule has 3 heterocycles.